The maximum atomic E-state index is 12.9. The van der Waals surface area contributed by atoms with Crippen LogP contribution < -0.4 is 0 Å². The number of likely N-dealkylation sites (N-methyl/N-ethyl adjacent to an activating group) is 1. The predicted molar refractivity (Wildman–Crippen MR) is 89.7 cm³/mol. The maximum absolute atomic E-state index is 12.9. The van der Waals surface area contributed by atoms with Gasteiger partial charge in [-0.15, -0.1) is 0 Å². The second-order valence-electron chi connectivity index (χ2n) is 6.38. The highest BCUT2D eigenvalue weighted by Gasteiger charge is 2.31. The van der Waals surface area contributed by atoms with Gasteiger partial charge >= 0.3 is 6.18 Å². The summed E-state index contributed by atoms with van der Waals surface area (Å²) in [6.07, 6.45) is -4.24. The number of halogens is 3. The molecule has 4 nitrogen and oxygen atoms in total. The molecule has 0 fully saturated rings. The van der Waals surface area contributed by atoms with Crippen LogP contribution in [0.5, 0.6) is 0 Å². The summed E-state index contributed by atoms with van der Waals surface area (Å²) in [7, 11) is 1.73. The minimum Gasteiger partial charge on any atom is -0.343 e. The van der Waals surface area contributed by atoms with E-state index in [9.17, 15) is 18.0 Å². The quantitative estimate of drug-likeness (QED) is 0.836. The molecular weight excluding hydrogens is 331 g/mol. The molecule has 0 atom stereocenters. The van der Waals surface area contributed by atoms with Gasteiger partial charge < -0.3 is 4.90 Å². The number of amides is 1. The van der Waals surface area contributed by atoms with Crippen molar-refractivity contribution in [2.24, 2.45) is 0 Å². The zero-order chi connectivity index (χ0) is 18.9. The van der Waals surface area contributed by atoms with E-state index in [1.54, 1.807) is 31.9 Å². The summed E-state index contributed by atoms with van der Waals surface area (Å²) in [5.74, 6) is -0.0511. The van der Waals surface area contributed by atoms with Crippen molar-refractivity contribution in [1.29, 1.82) is 0 Å². The fraction of sp³-hybridized carbons (Fsp3) is 0.444. The van der Waals surface area contributed by atoms with E-state index in [4.69, 9.17) is 0 Å². The molecule has 1 heterocycles. The third-order valence-corrected chi connectivity index (χ3v) is 4.36. The van der Waals surface area contributed by atoms with Gasteiger partial charge in [-0.05, 0) is 45.9 Å². The van der Waals surface area contributed by atoms with E-state index in [1.165, 1.54) is 10.7 Å². The SMILES string of the molecule is Cc1nn(-c2cccc(C(F)(F)F)c2)c(C)c1CC(=O)N(C)C(C)C. The molecule has 0 bridgehead atoms. The first-order valence-electron chi connectivity index (χ1n) is 8.00. The third kappa shape index (κ3) is 4.03. The Morgan fingerprint density at radius 3 is 2.48 bits per heavy atom. The Kier molecular flexibility index (Phi) is 5.25. The van der Waals surface area contributed by atoms with Gasteiger partial charge in [0.25, 0.3) is 0 Å². The molecule has 1 aromatic carbocycles. The molecule has 0 N–H and O–H groups in total. The first kappa shape index (κ1) is 19.0. The van der Waals surface area contributed by atoms with Crippen LogP contribution in [-0.4, -0.2) is 33.7 Å². The monoisotopic (exact) mass is 353 g/mol. The number of benzene rings is 1. The van der Waals surface area contributed by atoms with Crippen molar-refractivity contribution in [3.8, 4) is 5.69 Å². The Morgan fingerprint density at radius 2 is 1.92 bits per heavy atom. The van der Waals surface area contributed by atoms with Crippen molar-refractivity contribution in [1.82, 2.24) is 14.7 Å². The highest BCUT2D eigenvalue weighted by Crippen LogP contribution is 2.31. The van der Waals surface area contributed by atoms with Gasteiger partial charge in [-0.1, -0.05) is 6.07 Å². The summed E-state index contributed by atoms with van der Waals surface area (Å²) in [6.45, 7) is 7.36. The van der Waals surface area contributed by atoms with Crippen molar-refractivity contribution in [3.05, 3.63) is 46.8 Å². The molecule has 0 radical (unpaired) electrons. The predicted octanol–water partition coefficient (Wildman–Crippen LogP) is 3.92. The van der Waals surface area contributed by atoms with Crippen molar-refractivity contribution in [3.63, 3.8) is 0 Å². The van der Waals surface area contributed by atoms with E-state index >= 15 is 0 Å². The van der Waals surface area contributed by atoms with Crippen LogP contribution in [0.15, 0.2) is 24.3 Å². The number of carbonyl (C=O) groups excluding carboxylic acids is 1. The van der Waals surface area contributed by atoms with Gasteiger partial charge in [0.15, 0.2) is 0 Å². The number of aromatic nitrogens is 2. The Labute approximate surface area is 145 Å². The molecule has 136 valence electrons. The van der Waals surface area contributed by atoms with Crippen LogP contribution >= 0.6 is 0 Å². The molecule has 0 unspecified atom stereocenters. The van der Waals surface area contributed by atoms with Gasteiger partial charge in [-0.3, -0.25) is 4.79 Å². The smallest absolute Gasteiger partial charge is 0.343 e. The summed E-state index contributed by atoms with van der Waals surface area (Å²) in [5, 5.41) is 4.34. The van der Waals surface area contributed by atoms with Crippen molar-refractivity contribution in [2.45, 2.75) is 46.3 Å². The molecule has 1 amide bonds. The van der Waals surface area contributed by atoms with Crippen LogP contribution in [0, 0.1) is 13.8 Å². The first-order chi connectivity index (χ1) is 11.5. The number of nitrogens with zero attached hydrogens (tertiary/aromatic N) is 3. The highest BCUT2D eigenvalue weighted by atomic mass is 19.4. The van der Waals surface area contributed by atoms with Gasteiger partial charge in [0.1, 0.15) is 0 Å². The summed E-state index contributed by atoms with van der Waals surface area (Å²) in [5.41, 5.74) is 1.65. The van der Waals surface area contributed by atoms with Gasteiger partial charge in [-0.25, -0.2) is 4.68 Å². The number of hydrogen-bond acceptors (Lipinski definition) is 2. The Bertz CT molecular complexity index is 778. The lowest BCUT2D eigenvalue weighted by atomic mass is 10.1. The first-order valence-corrected chi connectivity index (χ1v) is 8.00. The van der Waals surface area contributed by atoms with Gasteiger partial charge in [0, 0.05) is 24.3 Å². The second kappa shape index (κ2) is 6.90. The summed E-state index contributed by atoms with van der Waals surface area (Å²) >= 11 is 0. The Hall–Kier alpha value is -2.31. The lowest BCUT2D eigenvalue weighted by Gasteiger charge is -2.21. The van der Waals surface area contributed by atoms with Crippen LogP contribution in [0.25, 0.3) is 5.69 Å². The van der Waals surface area contributed by atoms with Crippen LogP contribution in [0.3, 0.4) is 0 Å². The van der Waals surface area contributed by atoms with Gasteiger partial charge in [0.2, 0.25) is 5.91 Å². The largest absolute Gasteiger partial charge is 0.416 e. The Morgan fingerprint density at radius 1 is 1.28 bits per heavy atom. The number of alkyl halides is 3. The molecule has 2 rings (SSSR count). The van der Waals surface area contributed by atoms with Crippen LogP contribution in [0.2, 0.25) is 0 Å². The average Bonchev–Trinajstić information content (AvgIpc) is 2.81. The number of hydrogen-bond donors (Lipinski definition) is 0. The summed E-state index contributed by atoms with van der Waals surface area (Å²) in [4.78, 5) is 14.0. The van der Waals surface area contributed by atoms with Crippen LogP contribution in [-0.2, 0) is 17.4 Å². The molecule has 0 aliphatic heterocycles. The van der Waals surface area contributed by atoms with E-state index in [-0.39, 0.29) is 18.4 Å². The van der Waals surface area contributed by atoms with Crippen LogP contribution in [0.4, 0.5) is 13.2 Å². The van der Waals surface area contributed by atoms with Gasteiger partial charge in [0.05, 0.1) is 23.4 Å². The van der Waals surface area contributed by atoms with E-state index in [1.807, 2.05) is 13.8 Å². The molecule has 25 heavy (non-hydrogen) atoms. The number of carbonyl (C=O) groups is 1. The minimum atomic E-state index is -4.41. The molecule has 1 aromatic heterocycles. The third-order valence-electron chi connectivity index (χ3n) is 4.36. The number of aryl methyl sites for hydroxylation is 1. The zero-order valence-electron chi connectivity index (χ0n) is 15.0. The summed E-state index contributed by atoms with van der Waals surface area (Å²) < 4.78 is 40.2. The second-order valence-corrected chi connectivity index (χ2v) is 6.38. The maximum Gasteiger partial charge on any atom is 0.416 e. The normalized spacial score (nSPS) is 11.9. The number of rotatable bonds is 4. The standard InChI is InChI=1S/C18H22F3N3O/c1-11(2)23(5)17(25)10-16-12(3)22-24(13(16)4)15-8-6-7-14(9-15)18(19,20)21/h6-9,11H,10H2,1-5H3. The van der Waals surface area contributed by atoms with Crippen molar-refractivity contribution in [2.75, 3.05) is 7.05 Å². The van der Waals surface area contributed by atoms with Crippen LogP contribution in [0.1, 0.15) is 36.4 Å². The molecule has 7 heteroatoms. The molecule has 0 saturated heterocycles. The zero-order valence-corrected chi connectivity index (χ0v) is 15.0. The van der Waals surface area contributed by atoms with E-state index in [2.05, 4.69) is 5.10 Å². The topological polar surface area (TPSA) is 38.1 Å². The fourth-order valence-electron chi connectivity index (χ4n) is 2.56. The minimum absolute atomic E-state index is 0.0511. The molecule has 2 aromatic rings. The Balaban J connectivity index is 2.39. The van der Waals surface area contributed by atoms with Crippen molar-refractivity contribution >= 4 is 5.91 Å². The van der Waals surface area contributed by atoms with E-state index < -0.39 is 11.7 Å². The highest BCUT2D eigenvalue weighted by molar-refractivity contribution is 5.79. The molecule has 0 aliphatic carbocycles. The lowest BCUT2D eigenvalue weighted by molar-refractivity contribution is -0.137. The fourth-order valence-corrected chi connectivity index (χ4v) is 2.56. The van der Waals surface area contributed by atoms with E-state index in [0.717, 1.165) is 17.7 Å². The summed E-state index contributed by atoms with van der Waals surface area (Å²) in [6, 6.07) is 5.08. The van der Waals surface area contributed by atoms with Gasteiger partial charge in [-0.2, -0.15) is 18.3 Å². The lowest BCUT2D eigenvalue weighted by Crippen LogP contribution is -2.34. The molecule has 0 spiro atoms. The average molecular weight is 353 g/mol. The van der Waals surface area contributed by atoms with E-state index in [0.29, 0.717) is 17.1 Å². The molecule has 0 aliphatic rings. The molecular formula is C18H22F3N3O. The molecule has 0 saturated carbocycles. The van der Waals surface area contributed by atoms with Crippen molar-refractivity contribution < 1.29 is 18.0 Å².